The summed E-state index contributed by atoms with van der Waals surface area (Å²) in [5.74, 6) is 1.46. The number of fused-ring (bicyclic) bond motifs is 2. The second-order valence-electron chi connectivity index (χ2n) is 5.75. The average Bonchev–Trinajstić information content (AvgIpc) is 3.08. The number of aryl methyl sites for hydroxylation is 1. The van der Waals surface area contributed by atoms with Crippen molar-refractivity contribution in [2.24, 2.45) is 0 Å². The molecule has 1 aromatic heterocycles. The van der Waals surface area contributed by atoms with Gasteiger partial charge in [-0.2, -0.15) is 0 Å². The maximum absolute atomic E-state index is 11.3. The Hall–Kier alpha value is -3.35. The van der Waals surface area contributed by atoms with E-state index >= 15 is 0 Å². The molecule has 0 atom stereocenters. The molecule has 3 aromatic rings. The Morgan fingerprint density at radius 3 is 2.92 bits per heavy atom. The molecule has 0 saturated carbocycles. The molecule has 0 unspecified atom stereocenters. The third-order valence-electron chi connectivity index (χ3n) is 4.09. The Morgan fingerprint density at radius 1 is 1.24 bits per heavy atom. The van der Waals surface area contributed by atoms with Crippen molar-refractivity contribution in [1.82, 2.24) is 4.98 Å². The Labute approximate surface area is 143 Å². The molecule has 0 amide bonds. The van der Waals surface area contributed by atoms with E-state index in [0.29, 0.717) is 23.1 Å². The molecule has 0 bridgehead atoms. The molecule has 7 heteroatoms. The van der Waals surface area contributed by atoms with Gasteiger partial charge in [0, 0.05) is 34.9 Å². The molecule has 0 aliphatic carbocycles. The largest absolute Gasteiger partial charge is 0.454 e. The summed E-state index contributed by atoms with van der Waals surface area (Å²) in [5.41, 5.74) is 2.85. The number of ether oxygens (including phenoxy) is 2. The first kappa shape index (κ1) is 15.2. The smallest absolute Gasteiger partial charge is 0.295 e. The Kier molecular flexibility index (Phi) is 3.61. The van der Waals surface area contributed by atoms with E-state index in [0.717, 1.165) is 22.7 Å². The standard InChI is InChI=1S/C18H15N3O4/c1-11-8-14(13-5-3-6-15(21(22)23)17(13)20-11)19-9-12-4-2-7-16-18(12)25-10-24-16/h2-8H,9-10H2,1H3,(H,19,20). The SMILES string of the molecule is Cc1cc(NCc2cccc3c2OCO3)c2cccc([N+](=O)[O-])c2n1. The van der Waals surface area contributed by atoms with Crippen LogP contribution in [-0.2, 0) is 6.54 Å². The van der Waals surface area contributed by atoms with Crippen LogP contribution >= 0.6 is 0 Å². The van der Waals surface area contributed by atoms with E-state index in [1.165, 1.54) is 6.07 Å². The normalized spacial score (nSPS) is 12.4. The summed E-state index contributed by atoms with van der Waals surface area (Å²) < 4.78 is 10.9. The molecular weight excluding hydrogens is 322 g/mol. The first-order valence-electron chi connectivity index (χ1n) is 7.79. The van der Waals surface area contributed by atoms with Crippen LogP contribution in [0.1, 0.15) is 11.3 Å². The van der Waals surface area contributed by atoms with Gasteiger partial charge in [0.15, 0.2) is 17.0 Å². The summed E-state index contributed by atoms with van der Waals surface area (Å²) in [4.78, 5) is 15.2. The van der Waals surface area contributed by atoms with Gasteiger partial charge in [-0.3, -0.25) is 10.1 Å². The van der Waals surface area contributed by atoms with Crippen molar-refractivity contribution in [3.05, 3.63) is 63.8 Å². The molecule has 4 rings (SSSR count). The fourth-order valence-corrected chi connectivity index (χ4v) is 2.98. The van der Waals surface area contributed by atoms with Crippen LogP contribution < -0.4 is 14.8 Å². The molecule has 0 spiro atoms. The van der Waals surface area contributed by atoms with E-state index in [2.05, 4.69) is 10.3 Å². The number of aromatic nitrogens is 1. The van der Waals surface area contributed by atoms with Crippen LogP contribution in [0.4, 0.5) is 11.4 Å². The lowest BCUT2D eigenvalue weighted by Gasteiger charge is -2.12. The summed E-state index contributed by atoms with van der Waals surface area (Å²) in [7, 11) is 0. The Morgan fingerprint density at radius 2 is 2.08 bits per heavy atom. The van der Waals surface area contributed by atoms with Crippen LogP contribution in [0.15, 0.2) is 42.5 Å². The summed E-state index contributed by atoms with van der Waals surface area (Å²) in [6, 6.07) is 12.6. The quantitative estimate of drug-likeness (QED) is 0.576. The van der Waals surface area contributed by atoms with Crippen LogP contribution in [0.5, 0.6) is 11.5 Å². The van der Waals surface area contributed by atoms with E-state index < -0.39 is 4.92 Å². The molecule has 25 heavy (non-hydrogen) atoms. The molecule has 126 valence electrons. The summed E-state index contributed by atoms with van der Waals surface area (Å²) in [6.07, 6.45) is 0. The van der Waals surface area contributed by atoms with Gasteiger partial charge in [0.2, 0.25) is 6.79 Å². The zero-order valence-corrected chi connectivity index (χ0v) is 13.5. The van der Waals surface area contributed by atoms with Crippen molar-refractivity contribution in [3.8, 4) is 11.5 Å². The van der Waals surface area contributed by atoms with Gasteiger partial charge >= 0.3 is 0 Å². The van der Waals surface area contributed by atoms with Crippen LogP contribution in [0.3, 0.4) is 0 Å². The molecule has 0 fully saturated rings. The van der Waals surface area contributed by atoms with E-state index in [1.807, 2.05) is 37.3 Å². The number of hydrogen-bond donors (Lipinski definition) is 1. The average molecular weight is 337 g/mol. The van der Waals surface area contributed by atoms with Gasteiger partial charge in [-0.15, -0.1) is 0 Å². The van der Waals surface area contributed by atoms with Crippen LogP contribution in [-0.4, -0.2) is 16.7 Å². The second kappa shape index (κ2) is 5.94. The Balaban J connectivity index is 1.72. The summed E-state index contributed by atoms with van der Waals surface area (Å²) in [6.45, 7) is 2.54. The number of nitro groups is 1. The van der Waals surface area contributed by atoms with Crippen LogP contribution in [0.2, 0.25) is 0 Å². The van der Waals surface area contributed by atoms with Gasteiger partial charge in [0.25, 0.3) is 5.69 Å². The number of anilines is 1. The highest BCUT2D eigenvalue weighted by molar-refractivity contribution is 5.96. The molecule has 7 nitrogen and oxygen atoms in total. The lowest BCUT2D eigenvalue weighted by Crippen LogP contribution is -2.03. The Bertz CT molecular complexity index is 987. The highest BCUT2D eigenvalue weighted by Gasteiger charge is 2.18. The minimum absolute atomic E-state index is 0.00147. The lowest BCUT2D eigenvalue weighted by molar-refractivity contribution is -0.383. The molecule has 1 N–H and O–H groups in total. The lowest BCUT2D eigenvalue weighted by atomic mass is 10.1. The monoisotopic (exact) mass is 337 g/mol. The van der Waals surface area contributed by atoms with Crippen molar-refractivity contribution in [2.75, 3.05) is 12.1 Å². The van der Waals surface area contributed by atoms with Gasteiger partial charge in [-0.25, -0.2) is 4.98 Å². The van der Waals surface area contributed by atoms with E-state index in [-0.39, 0.29) is 12.5 Å². The predicted molar refractivity (Wildman–Crippen MR) is 93.0 cm³/mol. The molecule has 1 aliphatic heterocycles. The minimum Gasteiger partial charge on any atom is -0.454 e. The zero-order valence-electron chi connectivity index (χ0n) is 13.5. The minimum atomic E-state index is -0.409. The number of non-ortho nitro benzene ring substituents is 1. The third-order valence-corrected chi connectivity index (χ3v) is 4.09. The number of pyridine rings is 1. The molecule has 1 aliphatic rings. The van der Waals surface area contributed by atoms with Crippen LogP contribution in [0, 0.1) is 17.0 Å². The number of para-hydroxylation sites is 2. The number of nitrogens with zero attached hydrogens (tertiary/aromatic N) is 2. The number of nitrogens with one attached hydrogen (secondary N) is 1. The van der Waals surface area contributed by atoms with Gasteiger partial charge in [-0.1, -0.05) is 24.3 Å². The fourth-order valence-electron chi connectivity index (χ4n) is 2.98. The van der Waals surface area contributed by atoms with Crippen molar-refractivity contribution in [2.45, 2.75) is 13.5 Å². The second-order valence-corrected chi connectivity index (χ2v) is 5.75. The van der Waals surface area contributed by atoms with Gasteiger partial charge < -0.3 is 14.8 Å². The van der Waals surface area contributed by atoms with Crippen molar-refractivity contribution in [3.63, 3.8) is 0 Å². The van der Waals surface area contributed by atoms with Crippen LogP contribution in [0.25, 0.3) is 10.9 Å². The van der Waals surface area contributed by atoms with E-state index in [4.69, 9.17) is 9.47 Å². The number of hydrogen-bond acceptors (Lipinski definition) is 6. The fraction of sp³-hybridized carbons (Fsp3) is 0.167. The molecule has 0 radical (unpaired) electrons. The number of rotatable bonds is 4. The third kappa shape index (κ3) is 2.69. The maximum atomic E-state index is 11.3. The zero-order chi connectivity index (χ0) is 17.4. The number of nitro benzene ring substituents is 1. The van der Waals surface area contributed by atoms with E-state index in [1.54, 1.807) is 6.07 Å². The summed E-state index contributed by atoms with van der Waals surface area (Å²) >= 11 is 0. The van der Waals surface area contributed by atoms with Gasteiger partial charge in [-0.05, 0) is 19.1 Å². The first-order chi connectivity index (χ1) is 12.1. The van der Waals surface area contributed by atoms with Crippen molar-refractivity contribution < 1.29 is 14.4 Å². The topological polar surface area (TPSA) is 86.5 Å². The molecule has 2 aromatic carbocycles. The van der Waals surface area contributed by atoms with Crippen molar-refractivity contribution >= 4 is 22.3 Å². The highest BCUT2D eigenvalue weighted by Crippen LogP contribution is 2.36. The first-order valence-corrected chi connectivity index (χ1v) is 7.79. The van der Waals surface area contributed by atoms with Gasteiger partial charge in [0.05, 0.1) is 4.92 Å². The highest BCUT2D eigenvalue weighted by atomic mass is 16.7. The van der Waals surface area contributed by atoms with E-state index in [9.17, 15) is 10.1 Å². The van der Waals surface area contributed by atoms with Crippen molar-refractivity contribution in [1.29, 1.82) is 0 Å². The molecular formula is C18H15N3O4. The maximum Gasteiger partial charge on any atom is 0.295 e. The molecule has 0 saturated heterocycles. The summed E-state index contributed by atoms with van der Waals surface area (Å²) in [5, 5.41) is 15.3. The van der Waals surface area contributed by atoms with Gasteiger partial charge in [0.1, 0.15) is 0 Å². The predicted octanol–water partition coefficient (Wildman–Crippen LogP) is 3.79. The molecule has 2 heterocycles. The number of benzene rings is 2.